The predicted molar refractivity (Wildman–Crippen MR) is 78.6 cm³/mol. The molecule has 0 aliphatic carbocycles. The van der Waals surface area contributed by atoms with Gasteiger partial charge < -0.3 is 5.32 Å². The number of anilines is 1. The fourth-order valence-electron chi connectivity index (χ4n) is 3.69. The molecule has 1 fully saturated rings. The Balaban J connectivity index is 1.91. The van der Waals surface area contributed by atoms with Crippen LogP contribution in [0.3, 0.4) is 0 Å². The minimum absolute atomic E-state index is 0.000796. The molecule has 1 atom stereocenters. The summed E-state index contributed by atoms with van der Waals surface area (Å²) in [5, 5.41) is 12.0. The van der Waals surface area contributed by atoms with E-state index in [2.05, 4.69) is 21.3 Å². The second-order valence-corrected chi connectivity index (χ2v) is 5.74. The normalized spacial score (nSPS) is 26.8. The van der Waals surface area contributed by atoms with Gasteiger partial charge in [0.2, 0.25) is 12.2 Å². The van der Waals surface area contributed by atoms with Crippen LogP contribution in [-0.2, 0) is 10.3 Å². The Morgan fingerprint density at radius 3 is 3.19 bits per heavy atom. The lowest BCUT2D eigenvalue weighted by Gasteiger charge is -2.39. The summed E-state index contributed by atoms with van der Waals surface area (Å²) < 4.78 is 0. The number of hydrogen-bond donors (Lipinski definition) is 1. The SMILES string of the molecule is N#Cc1ccc2c(c1)NC(=O)CC21CCCC2=CN=C[N+]21. The highest BCUT2D eigenvalue weighted by Crippen LogP contribution is 2.47. The number of nitrogens with one attached hydrogen (secondary N) is 1. The van der Waals surface area contributed by atoms with Crippen molar-refractivity contribution in [1.29, 1.82) is 5.26 Å². The van der Waals surface area contributed by atoms with Crippen molar-refractivity contribution in [1.82, 2.24) is 4.90 Å². The zero-order valence-corrected chi connectivity index (χ0v) is 11.5. The molecule has 3 aliphatic heterocycles. The monoisotopic (exact) mass is 278 g/mol. The summed E-state index contributed by atoms with van der Waals surface area (Å²) in [6.07, 6.45) is 7.09. The predicted octanol–water partition coefficient (Wildman–Crippen LogP) is 2.30. The standard InChI is InChI=1S/C16H14N4O/c17-8-11-3-4-13-14(6-11)19-15(21)7-16(13)5-1-2-12-9-18-10-20(12)16/h3-4,6,9-10H,1-2,5,7H2,(H,19,21)/q+1. The Morgan fingerprint density at radius 1 is 1.43 bits per heavy atom. The third-order valence-corrected chi connectivity index (χ3v) is 4.58. The van der Waals surface area contributed by atoms with Crippen LogP contribution < -0.4 is 10.2 Å². The number of carbonyl (C=O) groups is 1. The maximum absolute atomic E-state index is 12.2. The minimum Gasteiger partial charge on any atom is -0.325 e. The fourth-order valence-corrected chi connectivity index (χ4v) is 3.69. The second-order valence-electron chi connectivity index (χ2n) is 5.74. The van der Waals surface area contributed by atoms with Crippen molar-refractivity contribution in [3.05, 3.63) is 41.2 Å². The zero-order valence-electron chi connectivity index (χ0n) is 11.5. The van der Waals surface area contributed by atoms with E-state index in [9.17, 15) is 4.79 Å². The van der Waals surface area contributed by atoms with Gasteiger partial charge in [-0.15, -0.1) is 0 Å². The first-order valence-corrected chi connectivity index (χ1v) is 7.09. The van der Waals surface area contributed by atoms with Gasteiger partial charge >= 0.3 is 0 Å². The number of allylic oxidation sites excluding steroid dienone is 1. The van der Waals surface area contributed by atoms with Crippen LogP contribution in [0.15, 0.2) is 35.1 Å². The van der Waals surface area contributed by atoms with Crippen LogP contribution in [0.5, 0.6) is 0 Å². The number of rotatable bonds is 0. The van der Waals surface area contributed by atoms with Crippen LogP contribution in [0.2, 0.25) is 0 Å². The van der Waals surface area contributed by atoms with Gasteiger partial charge in [-0.05, 0) is 24.6 Å². The molecule has 1 N–H and O–H groups in total. The molecule has 1 aromatic carbocycles. The van der Waals surface area contributed by atoms with Crippen molar-refractivity contribution < 1.29 is 4.79 Å². The molecule has 1 aromatic rings. The van der Waals surface area contributed by atoms with E-state index >= 15 is 0 Å². The molecular formula is C16H14N4O+. The summed E-state index contributed by atoms with van der Waals surface area (Å²) >= 11 is 0. The highest BCUT2D eigenvalue weighted by molar-refractivity contribution is 5.96. The van der Waals surface area contributed by atoms with E-state index in [-0.39, 0.29) is 11.4 Å². The summed E-state index contributed by atoms with van der Waals surface area (Å²) in [7, 11) is 0. The molecule has 1 spiro atoms. The summed E-state index contributed by atoms with van der Waals surface area (Å²) in [6, 6.07) is 7.69. The number of fused-ring (bicyclic) bond motifs is 4. The van der Waals surface area contributed by atoms with Gasteiger partial charge in [0.1, 0.15) is 0 Å². The van der Waals surface area contributed by atoms with Gasteiger partial charge in [-0.3, -0.25) is 4.79 Å². The van der Waals surface area contributed by atoms with E-state index in [1.54, 1.807) is 6.07 Å². The first-order valence-electron chi connectivity index (χ1n) is 7.09. The maximum atomic E-state index is 12.2. The molecule has 3 aliphatic rings. The van der Waals surface area contributed by atoms with Crippen LogP contribution in [-0.4, -0.2) is 12.2 Å². The molecule has 4 rings (SSSR count). The minimum atomic E-state index is -0.351. The van der Waals surface area contributed by atoms with Gasteiger partial charge in [0.25, 0.3) is 0 Å². The van der Waals surface area contributed by atoms with Crippen LogP contribution >= 0.6 is 0 Å². The van der Waals surface area contributed by atoms with E-state index in [4.69, 9.17) is 5.26 Å². The molecule has 103 valence electrons. The van der Waals surface area contributed by atoms with Crippen LogP contribution in [0.25, 0.3) is 0 Å². The molecule has 21 heavy (non-hydrogen) atoms. The molecule has 1 radical (unpaired) electrons. The maximum Gasteiger partial charge on any atom is 0.245 e. The summed E-state index contributed by atoms with van der Waals surface area (Å²) in [5.41, 5.74) is 3.22. The molecule has 1 unspecified atom stereocenters. The third kappa shape index (κ3) is 1.66. The summed E-state index contributed by atoms with van der Waals surface area (Å²) in [6.45, 7) is 0. The third-order valence-electron chi connectivity index (χ3n) is 4.58. The van der Waals surface area contributed by atoms with Crippen molar-refractivity contribution in [2.24, 2.45) is 4.99 Å². The quantitative estimate of drug-likeness (QED) is 0.740. The largest absolute Gasteiger partial charge is 0.325 e. The van der Waals surface area contributed by atoms with E-state index in [0.717, 1.165) is 30.5 Å². The molecule has 3 heterocycles. The highest BCUT2D eigenvalue weighted by Gasteiger charge is 2.56. The number of amides is 1. The molecular weight excluding hydrogens is 264 g/mol. The van der Waals surface area contributed by atoms with Crippen molar-refractivity contribution in [2.45, 2.75) is 31.2 Å². The smallest absolute Gasteiger partial charge is 0.245 e. The van der Waals surface area contributed by atoms with Gasteiger partial charge in [0.15, 0.2) is 11.2 Å². The topological polar surface area (TPSA) is 71.2 Å². The zero-order chi connectivity index (χ0) is 14.4. The molecule has 5 nitrogen and oxygen atoms in total. The lowest BCUT2D eigenvalue weighted by Crippen LogP contribution is -2.54. The number of nitrogens with zero attached hydrogens (tertiary/aromatic N) is 3. The van der Waals surface area contributed by atoms with E-state index in [0.29, 0.717) is 12.0 Å². The van der Waals surface area contributed by atoms with Crippen molar-refractivity contribution in [2.75, 3.05) is 5.32 Å². The molecule has 1 amide bonds. The van der Waals surface area contributed by atoms with Crippen molar-refractivity contribution in [3.8, 4) is 6.07 Å². The summed E-state index contributed by atoms with van der Waals surface area (Å²) in [4.78, 5) is 18.6. The van der Waals surface area contributed by atoms with E-state index < -0.39 is 0 Å². The highest BCUT2D eigenvalue weighted by atomic mass is 16.1. The van der Waals surface area contributed by atoms with Gasteiger partial charge in [-0.1, -0.05) is 4.90 Å². The lowest BCUT2D eigenvalue weighted by atomic mass is 9.74. The molecule has 0 aromatic heterocycles. The van der Waals surface area contributed by atoms with Crippen LogP contribution in [0.1, 0.15) is 36.8 Å². The second kappa shape index (κ2) is 4.27. The Bertz CT molecular complexity index is 743. The average Bonchev–Trinajstić information content (AvgIpc) is 2.96. The number of carbonyl (C=O) groups excluding carboxylic acids is 1. The molecule has 1 saturated heterocycles. The van der Waals surface area contributed by atoms with Gasteiger partial charge in [-0.2, -0.15) is 5.26 Å². The van der Waals surface area contributed by atoms with E-state index in [1.807, 2.05) is 24.7 Å². The average molecular weight is 278 g/mol. The van der Waals surface area contributed by atoms with E-state index in [1.165, 1.54) is 5.70 Å². The number of benzene rings is 1. The van der Waals surface area contributed by atoms with Gasteiger partial charge in [-0.25, -0.2) is 4.99 Å². The Hall–Kier alpha value is -2.45. The fraction of sp³-hybridized carbons (Fsp3) is 0.312. The van der Waals surface area contributed by atoms with Crippen molar-refractivity contribution >= 4 is 17.9 Å². The Labute approximate surface area is 122 Å². The Morgan fingerprint density at radius 2 is 2.33 bits per heavy atom. The molecule has 0 saturated carbocycles. The van der Waals surface area contributed by atoms with Gasteiger partial charge in [0, 0.05) is 18.4 Å². The molecule has 0 bridgehead atoms. The first-order chi connectivity index (χ1) is 10.2. The van der Waals surface area contributed by atoms with Crippen LogP contribution in [0.4, 0.5) is 5.69 Å². The Kier molecular flexibility index (Phi) is 2.50. The number of piperidine rings is 1. The summed E-state index contributed by atoms with van der Waals surface area (Å²) in [5.74, 6) is -0.000796. The molecule has 5 heteroatoms. The number of aliphatic imine (C=N–C) groups is 1. The van der Waals surface area contributed by atoms with Crippen LogP contribution in [0, 0.1) is 11.3 Å². The van der Waals surface area contributed by atoms with Crippen molar-refractivity contribution in [3.63, 3.8) is 0 Å². The lowest BCUT2D eigenvalue weighted by molar-refractivity contribution is -0.118. The first kappa shape index (κ1) is 12.3. The number of nitriles is 1. The number of hydrogen-bond acceptors (Lipinski definition) is 4. The van der Waals surface area contributed by atoms with Gasteiger partial charge in [0.05, 0.1) is 29.9 Å².